The van der Waals surface area contributed by atoms with Crippen LogP contribution in [0, 0.1) is 11.7 Å². The van der Waals surface area contributed by atoms with Gasteiger partial charge in [-0.3, -0.25) is 9.80 Å². The highest BCUT2D eigenvalue weighted by molar-refractivity contribution is 6.35. The van der Waals surface area contributed by atoms with E-state index in [2.05, 4.69) is 14.6 Å². The lowest BCUT2D eigenvalue weighted by molar-refractivity contribution is -0.377. The van der Waals surface area contributed by atoms with Gasteiger partial charge in [-0.2, -0.15) is 8.78 Å². The molecule has 0 aliphatic carbocycles. The number of ether oxygens (including phenoxy) is 4. The largest absolute Gasteiger partial charge is 0.493 e. The number of esters is 1. The molecule has 0 radical (unpaired) electrons. The quantitative estimate of drug-likeness (QED) is 0.136. The van der Waals surface area contributed by atoms with Crippen molar-refractivity contribution in [2.24, 2.45) is 5.92 Å². The first-order valence-corrected chi connectivity index (χ1v) is 16.9. The maximum Gasteiger partial charge on any atom is 0.414 e. The van der Waals surface area contributed by atoms with Crippen molar-refractivity contribution >= 4 is 41.0 Å². The number of halogens is 5. The monoisotopic (exact) mass is 747 g/mol. The van der Waals surface area contributed by atoms with Gasteiger partial charge in [-0.05, 0) is 85.4 Å². The van der Waals surface area contributed by atoms with Gasteiger partial charge >= 0.3 is 18.7 Å². The van der Waals surface area contributed by atoms with Gasteiger partial charge in [0.05, 0.1) is 28.9 Å². The van der Waals surface area contributed by atoms with Crippen molar-refractivity contribution in [1.82, 2.24) is 4.90 Å². The predicted octanol–water partition coefficient (Wildman–Crippen LogP) is 7.93. The number of H-pyrrole nitrogens is 1. The lowest BCUT2D eigenvalue weighted by Gasteiger charge is -2.44. The molecule has 4 heterocycles. The molecule has 2 bridgehead atoms. The predicted molar refractivity (Wildman–Crippen MR) is 183 cm³/mol. The lowest BCUT2D eigenvalue weighted by Crippen LogP contribution is -2.53. The van der Waals surface area contributed by atoms with Crippen molar-refractivity contribution in [2.75, 3.05) is 31.6 Å². The highest BCUT2D eigenvalue weighted by Crippen LogP contribution is 2.36. The molecule has 9 nitrogen and oxygen atoms in total. The SMILES string of the molecule is [2H]C([2H])([2H])Oc1cc([C@H](Cc2c(Cl)c[nH+]cc2Cl)OC(=O)c2cccc(CN(C(=O)O[C@H]3CN4CCC3CC4)c3cccc(F)c3)c2)ccc1OC(F)F. The second-order valence-corrected chi connectivity index (χ2v) is 13.1. The lowest BCUT2D eigenvalue weighted by atomic mass is 9.86. The minimum absolute atomic E-state index is 0.0673. The average Bonchev–Trinajstić information content (AvgIpc) is 3.12. The number of benzene rings is 3. The van der Waals surface area contributed by atoms with Crippen LogP contribution < -0.4 is 19.4 Å². The standard InChI is InChI=1S/C37H34Cl2F3N3O6/c1-48-33-15-24(8-9-31(33)50-36(41)42)32(17-28-29(38)18-43-19-30(28)39)49-35(46)25-5-2-4-22(14-25)20-45(27-7-3-6-26(40)16-27)37(47)51-34-21-44-12-10-23(34)11-13-44/h2-9,14-16,18-19,23,32,34,36H,10-13,17,20-21H2,1H3/p+1/t32-,34-/m0/s1/i1D3. The van der Waals surface area contributed by atoms with Crippen LogP contribution in [0.5, 0.6) is 11.5 Å². The number of aromatic amines is 1. The van der Waals surface area contributed by atoms with Crippen LogP contribution in [0.2, 0.25) is 10.0 Å². The van der Waals surface area contributed by atoms with Crippen LogP contribution in [0.25, 0.3) is 0 Å². The van der Waals surface area contributed by atoms with Gasteiger partial charge in [-0.1, -0.05) is 47.5 Å². The summed E-state index contributed by atoms with van der Waals surface area (Å²) in [5.74, 6) is -2.24. The first kappa shape index (κ1) is 32.4. The number of methoxy groups -OCH3 is 1. The zero-order chi connectivity index (χ0) is 38.6. The molecule has 0 saturated carbocycles. The Morgan fingerprint density at radius 3 is 2.47 bits per heavy atom. The number of carbonyl (C=O) groups excluding carboxylic acids is 2. The molecule has 1 N–H and O–H groups in total. The molecule has 3 fully saturated rings. The number of piperidine rings is 3. The molecule has 1 amide bonds. The molecule has 3 saturated heterocycles. The number of nitrogens with zero attached hydrogens (tertiary/aromatic N) is 2. The van der Waals surface area contributed by atoms with E-state index in [4.69, 9.17) is 41.5 Å². The van der Waals surface area contributed by atoms with Gasteiger partial charge in [0.15, 0.2) is 23.9 Å². The normalized spacial score (nSPS) is 19.7. The van der Waals surface area contributed by atoms with E-state index in [9.17, 15) is 22.8 Å². The zero-order valence-corrected chi connectivity index (χ0v) is 28.5. The summed E-state index contributed by atoms with van der Waals surface area (Å²) in [6, 6.07) is 15.3. The van der Waals surface area contributed by atoms with E-state index in [1.807, 2.05) is 0 Å². The molecule has 7 rings (SSSR count). The van der Waals surface area contributed by atoms with E-state index in [1.165, 1.54) is 53.7 Å². The summed E-state index contributed by atoms with van der Waals surface area (Å²) >= 11 is 12.8. The Kier molecular flexibility index (Phi) is 10.3. The topological polar surface area (TPSA) is 91.7 Å². The van der Waals surface area contributed by atoms with Gasteiger partial charge in [0, 0.05) is 18.5 Å². The average molecular weight is 749 g/mol. The highest BCUT2D eigenvalue weighted by atomic mass is 35.5. The summed E-state index contributed by atoms with van der Waals surface area (Å²) in [4.78, 5) is 33.9. The second kappa shape index (κ2) is 16.2. The molecule has 0 spiro atoms. The fourth-order valence-corrected chi connectivity index (χ4v) is 6.93. The summed E-state index contributed by atoms with van der Waals surface area (Å²) in [6.07, 6.45) is 2.46. The van der Waals surface area contributed by atoms with E-state index in [0.717, 1.165) is 38.1 Å². The van der Waals surface area contributed by atoms with Crippen LogP contribution in [0.3, 0.4) is 0 Å². The van der Waals surface area contributed by atoms with Gasteiger partial charge in [-0.25, -0.2) is 19.0 Å². The first-order valence-electron chi connectivity index (χ1n) is 17.6. The van der Waals surface area contributed by atoms with Gasteiger partial charge in [0.1, 0.15) is 28.1 Å². The summed E-state index contributed by atoms with van der Waals surface area (Å²) in [5.41, 5.74) is 1.33. The van der Waals surface area contributed by atoms with Crippen molar-refractivity contribution in [3.63, 3.8) is 0 Å². The van der Waals surface area contributed by atoms with Crippen LogP contribution in [-0.4, -0.2) is 56.4 Å². The Labute approximate surface area is 307 Å². The summed E-state index contributed by atoms with van der Waals surface area (Å²) in [6.45, 7) is -0.834. The minimum Gasteiger partial charge on any atom is -0.493 e. The number of rotatable bonds is 12. The molecule has 1 aromatic heterocycles. The zero-order valence-electron chi connectivity index (χ0n) is 30.0. The van der Waals surface area contributed by atoms with Crippen LogP contribution in [0.1, 0.15) is 50.1 Å². The molecule has 0 unspecified atom stereocenters. The highest BCUT2D eigenvalue weighted by Gasteiger charge is 2.37. The number of pyridine rings is 1. The van der Waals surface area contributed by atoms with Gasteiger partial charge < -0.3 is 18.9 Å². The number of nitrogens with one attached hydrogen (secondary N) is 1. The third-order valence-electron chi connectivity index (χ3n) is 8.99. The number of aromatic nitrogens is 1. The van der Waals surface area contributed by atoms with Crippen LogP contribution >= 0.6 is 23.2 Å². The van der Waals surface area contributed by atoms with E-state index >= 15 is 0 Å². The van der Waals surface area contributed by atoms with Crippen molar-refractivity contribution < 1.29 is 50.8 Å². The molecule has 2 atom stereocenters. The van der Waals surface area contributed by atoms with Crippen molar-refractivity contribution in [3.8, 4) is 11.5 Å². The summed E-state index contributed by atoms with van der Waals surface area (Å²) in [5, 5.41) is 0.398. The molecule has 4 aromatic rings. The van der Waals surface area contributed by atoms with Crippen molar-refractivity contribution in [3.05, 3.63) is 117 Å². The van der Waals surface area contributed by atoms with Crippen molar-refractivity contribution in [2.45, 2.75) is 44.6 Å². The molecular weight excluding hydrogens is 710 g/mol. The molecule has 3 aliphatic heterocycles. The summed E-state index contributed by atoms with van der Waals surface area (Å²) in [7, 11) is -3.03. The van der Waals surface area contributed by atoms with Crippen LogP contribution in [0.15, 0.2) is 79.1 Å². The Bertz CT molecular complexity index is 1970. The van der Waals surface area contributed by atoms with E-state index in [-0.39, 0.29) is 51.8 Å². The number of fused-ring (bicyclic) bond motifs is 3. The molecule has 51 heavy (non-hydrogen) atoms. The number of amides is 1. The van der Waals surface area contributed by atoms with E-state index in [0.29, 0.717) is 17.7 Å². The Hall–Kier alpha value is -4.52. The van der Waals surface area contributed by atoms with Gasteiger partial charge in [0.2, 0.25) is 0 Å². The molecule has 3 aliphatic rings. The minimum atomic E-state index is -3.28. The number of hydrogen-bond donors (Lipinski definition) is 0. The fraction of sp³-hybridized carbons (Fsp3) is 0.324. The van der Waals surface area contributed by atoms with Crippen molar-refractivity contribution in [1.29, 1.82) is 0 Å². The maximum atomic E-state index is 14.4. The number of hydrogen-bond acceptors (Lipinski definition) is 7. The van der Waals surface area contributed by atoms with Gasteiger partial charge in [0.25, 0.3) is 0 Å². The smallest absolute Gasteiger partial charge is 0.414 e. The third kappa shape index (κ3) is 8.87. The first-order chi connectivity index (χ1) is 25.7. The number of anilines is 1. The molecule has 268 valence electrons. The number of alkyl halides is 2. The van der Waals surface area contributed by atoms with Crippen LogP contribution in [0.4, 0.5) is 23.7 Å². The Balaban J connectivity index is 1.28. The van der Waals surface area contributed by atoms with Gasteiger partial charge in [-0.15, -0.1) is 0 Å². The maximum absolute atomic E-state index is 14.4. The molecule has 14 heteroatoms. The van der Waals surface area contributed by atoms with Crippen LogP contribution in [-0.2, 0) is 22.4 Å². The molecular formula is C37H35Cl2F3N3O6+. The molecule has 3 aromatic carbocycles. The Morgan fingerprint density at radius 2 is 1.78 bits per heavy atom. The van der Waals surface area contributed by atoms with E-state index in [1.54, 1.807) is 18.2 Å². The third-order valence-corrected chi connectivity index (χ3v) is 9.67. The summed E-state index contributed by atoms with van der Waals surface area (Å²) < 4.78 is 84.7. The number of carbonyl (C=O) groups is 2. The fourth-order valence-electron chi connectivity index (χ4n) is 6.40. The van der Waals surface area contributed by atoms with E-state index < -0.39 is 49.1 Å². The Morgan fingerprint density at radius 1 is 1.02 bits per heavy atom. The second-order valence-electron chi connectivity index (χ2n) is 12.2.